The van der Waals surface area contributed by atoms with Crippen LogP contribution in [0, 0.1) is 11.8 Å². The van der Waals surface area contributed by atoms with Gasteiger partial charge in [0.2, 0.25) is 0 Å². The summed E-state index contributed by atoms with van der Waals surface area (Å²) in [6.07, 6.45) is 13.2. The molecule has 1 rings (SSSR count). The maximum Gasteiger partial charge on any atom is 0.462 e. The fourth-order valence-electron chi connectivity index (χ4n) is 3.44. The number of alkyl halides is 3. The van der Waals surface area contributed by atoms with Crippen molar-refractivity contribution in [2.45, 2.75) is 103 Å². The number of halogens is 3. The molecule has 0 atom stereocenters. The van der Waals surface area contributed by atoms with Crippen molar-refractivity contribution in [1.82, 2.24) is 0 Å². The van der Waals surface area contributed by atoms with Gasteiger partial charge in [-0.15, -0.1) is 0 Å². The second kappa shape index (κ2) is 16.7. The van der Waals surface area contributed by atoms with Crippen LogP contribution in [0.3, 0.4) is 0 Å². The van der Waals surface area contributed by atoms with E-state index in [0.29, 0.717) is 5.75 Å². The molecule has 0 aliphatic rings. The highest BCUT2D eigenvalue weighted by atomic mass is 19.4. The first-order valence-electron chi connectivity index (χ1n) is 11.7. The van der Waals surface area contributed by atoms with Gasteiger partial charge in [-0.05, 0) is 36.5 Å². The minimum Gasteiger partial charge on any atom is -0.481 e. The lowest BCUT2D eigenvalue weighted by Crippen LogP contribution is -2.20. The molecule has 0 aliphatic carbocycles. The first-order valence-corrected chi connectivity index (χ1v) is 11.7. The monoisotopic (exact) mass is 438 g/mol. The van der Waals surface area contributed by atoms with Crippen molar-refractivity contribution in [3.63, 3.8) is 0 Å². The normalized spacial score (nSPS) is 11.1. The van der Waals surface area contributed by atoms with Crippen LogP contribution in [-0.2, 0) is 11.2 Å². The molecule has 0 saturated carbocycles. The van der Waals surface area contributed by atoms with Crippen LogP contribution in [0.4, 0.5) is 13.2 Å². The van der Waals surface area contributed by atoms with Crippen LogP contribution in [0.2, 0.25) is 0 Å². The summed E-state index contributed by atoms with van der Waals surface area (Å²) in [5.41, 5.74) is 1.14. The molecule has 0 spiro atoms. The third kappa shape index (κ3) is 14.6. The first-order chi connectivity index (χ1) is 14.9. The molecule has 0 N–H and O–H groups in total. The number of ketones is 1. The quantitative estimate of drug-likeness (QED) is 0.149. The zero-order valence-electron chi connectivity index (χ0n) is 18.9. The minimum atomic E-state index is -4.92. The lowest BCUT2D eigenvalue weighted by Gasteiger charge is -2.06. The number of hydrogen-bond acceptors (Lipinski definition) is 2. The molecule has 0 amide bonds. The lowest BCUT2D eigenvalue weighted by molar-refractivity contribution is -0.164. The van der Waals surface area contributed by atoms with E-state index >= 15 is 0 Å². The first kappa shape index (κ1) is 27.1. The van der Waals surface area contributed by atoms with Crippen molar-refractivity contribution >= 4 is 5.78 Å². The molecule has 2 nitrogen and oxygen atoms in total. The van der Waals surface area contributed by atoms with E-state index in [4.69, 9.17) is 4.74 Å². The van der Waals surface area contributed by atoms with Crippen LogP contribution in [0.25, 0.3) is 0 Å². The third-order valence-corrected chi connectivity index (χ3v) is 5.24. The van der Waals surface area contributed by atoms with E-state index in [1.54, 1.807) is 12.0 Å². The molecular weight excluding hydrogens is 401 g/mol. The van der Waals surface area contributed by atoms with Gasteiger partial charge in [-0.1, -0.05) is 102 Å². The molecule has 31 heavy (non-hydrogen) atoms. The number of rotatable bonds is 16. The fraction of sp³-hybridized carbons (Fsp3) is 0.654. The second-order valence-corrected chi connectivity index (χ2v) is 8.06. The van der Waals surface area contributed by atoms with Gasteiger partial charge in [-0.25, -0.2) is 0 Å². The molecule has 0 bridgehead atoms. The van der Waals surface area contributed by atoms with Gasteiger partial charge in [-0.3, -0.25) is 4.79 Å². The van der Waals surface area contributed by atoms with Crippen LogP contribution in [0.15, 0.2) is 24.3 Å². The Kier molecular flexibility index (Phi) is 14.6. The van der Waals surface area contributed by atoms with Crippen molar-refractivity contribution in [1.29, 1.82) is 0 Å². The highest BCUT2D eigenvalue weighted by Crippen LogP contribution is 2.17. The molecule has 1 aromatic rings. The highest BCUT2D eigenvalue weighted by Gasteiger charge is 2.36. The molecule has 5 heteroatoms. The Bertz CT molecular complexity index is 671. The molecule has 0 unspecified atom stereocenters. The van der Waals surface area contributed by atoms with E-state index in [-0.39, 0.29) is 6.61 Å². The van der Waals surface area contributed by atoms with Gasteiger partial charge in [-0.2, -0.15) is 13.2 Å². The van der Waals surface area contributed by atoms with E-state index in [9.17, 15) is 18.0 Å². The topological polar surface area (TPSA) is 26.3 Å². The molecule has 0 aromatic heterocycles. The zero-order valence-corrected chi connectivity index (χ0v) is 18.9. The predicted octanol–water partition coefficient (Wildman–Crippen LogP) is 7.83. The van der Waals surface area contributed by atoms with Crippen LogP contribution >= 0.6 is 0 Å². The number of benzene rings is 1. The summed E-state index contributed by atoms with van der Waals surface area (Å²) in [5, 5.41) is 0. The zero-order chi connectivity index (χ0) is 22.8. The van der Waals surface area contributed by atoms with Gasteiger partial charge < -0.3 is 4.74 Å². The standard InChI is InChI=1S/C26H37F3O2/c1-2-3-4-5-6-7-8-9-10-11-12-13-14-17-23-18-15-19-24(22-23)31-21-16-20-25(30)26(27,28)29/h15,18-19,22H,2-14,17,21H2,1H3. The maximum atomic E-state index is 12.1. The number of ether oxygens (including phenoxy) is 1. The molecule has 1 aromatic carbocycles. The van der Waals surface area contributed by atoms with Crippen molar-refractivity contribution < 1.29 is 22.7 Å². The summed E-state index contributed by atoms with van der Waals surface area (Å²) in [5.74, 6) is 2.17. The van der Waals surface area contributed by atoms with Gasteiger partial charge in [0, 0.05) is 0 Å². The van der Waals surface area contributed by atoms with Gasteiger partial charge in [0.15, 0.2) is 0 Å². The summed E-state index contributed by atoms with van der Waals surface area (Å²) in [6, 6.07) is 7.50. The number of Topliss-reactive ketones (excluding diaryl/α,β-unsaturated/α-hetero) is 1. The minimum absolute atomic E-state index is 0.246. The van der Waals surface area contributed by atoms with Crippen molar-refractivity contribution in [2.75, 3.05) is 6.61 Å². The molecule has 0 saturated heterocycles. The van der Waals surface area contributed by atoms with E-state index in [1.807, 2.05) is 18.2 Å². The number of unbranched alkanes of at least 4 members (excludes halogenated alkanes) is 12. The summed E-state index contributed by atoms with van der Waals surface area (Å²) in [7, 11) is 0. The number of carbonyl (C=O) groups is 1. The average molecular weight is 439 g/mol. The van der Waals surface area contributed by atoms with Gasteiger partial charge >= 0.3 is 12.0 Å². The summed E-state index contributed by atoms with van der Waals surface area (Å²) in [6.45, 7) is 2.01. The fourth-order valence-corrected chi connectivity index (χ4v) is 3.44. The van der Waals surface area contributed by atoms with Crippen LogP contribution < -0.4 is 4.74 Å². The summed E-state index contributed by atoms with van der Waals surface area (Å²) >= 11 is 0. The van der Waals surface area contributed by atoms with Crippen LogP contribution in [0.5, 0.6) is 5.75 Å². The van der Waals surface area contributed by atoms with Crippen molar-refractivity contribution in [3.05, 3.63) is 29.8 Å². The average Bonchev–Trinajstić information content (AvgIpc) is 2.74. The Hall–Kier alpha value is -1.96. The largest absolute Gasteiger partial charge is 0.481 e. The SMILES string of the molecule is CCCCCCCCCCCCCCCc1cccc(OCC#CC(=O)C(F)(F)F)c1. The molecule has 0 aliphatic heterocycles. The predicted molar refractivity (Wildman–Crippen MR) is 120 cm³/mol. The summed E-state index contributed by atoms with van der Waals surface area (Å²) in [4.78, 5) is 10.7. The smallest absolute Gasteiger partial charge is 0.462 e. The van der Waals surface area contributed by atoms with Crippen LogP contribution in [-0.4, -0.2) is 18.6 Å². The number of carbonyl (C=O) groups excluding carboxylic acids is 1. The Morgan fingerprint density at radius 1 is 0.871 bits per heavy atom. The Labute approximate surface area is 186 Å². The van der Waals surface area contributed by atoms with Crippen molar-refractivity contribution in [2.24, 2.45) is 0 Å². The Morgan fingerprint density at radius 2 is 1.42 bits per heavy atom. The molecular formula is C26H37F3O2. The highest BCUT2D eigenvalue weighted by molar-refractivity contribution is 5.99. The van der Waals surface area contributed by atoms with E-state index in [2.05, 4.69) is 12.8 Å². The van der Waals surface area contributed by atoms with E-state index in [1.165, 1.54) is 77.0 Å². The molecule has 0 radical (unpaired) electrons. The lowest BCUT2D eigenvalue weighted by atomic mass is 10.0. The second-order valence-electron chi connectivity index (χ2n) is 8.06. The number of hydrogen-bond donors (Lipinski definition) is 0. The third-order valence-electron chi connectivity index (χ3n) is 5.24. The molecule has 174 valence electrons. The van der Waals surface area contributed by atoms with Gasteiger partial charge in [0.1, 0.15) is 12.4 Å². The Balaban J connectivity index is 2.08. The number of aryl methyl sites for hydroxylation is 1. The Morgan fingerprint density at radius 3 is 1.97 bits per heavy atom. The maximum absolute atomic E-state index is 12.1. The summed E-state index contributed by atoms with van der Waals surface area (Å²) < 4.78 is 41.6. The molecule has 0 fully saturated rings. The molecule has 0 heterocycles. The van der Waals surface area contributed by atoms with Crippen molar-refractivity contribution in [3.8, 4) is 17.6 Å². The van der Waals surface area contributed by atoms with E-state index < -0.39 is 12.0 Å². The van der Waals surface area contributed by atoms with Crippen LogP contribution in [0.1, 0.15) is 96.0 Å². The van der Waals surface area contributed by atoms with E-state index in [0.717, 1.165) is 18.4 Å². The van der Waals surface area contributed by atoms with Gasteiger partial charge in [0.25, 0.3) is 0 Å². The van der Waals surface area contributed by atoms with Gasteiger partial charge in [0.05, 0.1) is 0 Å².